The first-order chi connectivity index (χ1) is 8.73. The van der Waals surface area contributed by atoms with Crippen LogP contribution in [-0.2, 0) is 14.8 Å². The van der Waals surface area contributed by atoms with Gasteiger partial charge in [0.1, 0.15) is 23.6 Å². The summed E-state index contributed by atoms with van der Waals surface area (Å²) in [5.74, 6) is 0.710. The van der Waals surface area contributed by atoms with Crippen LogP contribution in [0.15, 0.2) is 23.1 Å². The minimum Gasteiger partial charge on any atom is -0.485 e. The van der Waals surface area contributed by atoms with Gasteiger partial charge >= 0.3 is 0 Å². The summed E-state index contributed by atoms with van der Waals surface area (Å²) in [6.45, 7) is 3.95. The number of nitrogens with zero attached hydrogens (tertiary/aromatic N) is 1. The molecule has 104 valence electrons. The molecule has 2 aliphatic rings. The van der Waals surface area contributed by atoms with Gasteiger partial charge in [-0.1, -0.05) is 0 Å². The van der Waals surface area contributed by atoms with Crippen molar-refractivity contribution in [3.8, 4) is 5.75 Å². The molecule has 6 heteroatoms. The molecule has 1 aromatic carbocycles. The third-order valence-corrected chi connectivity index (χ3v) is 5.43. The molecule has 2 aliphatic heterocycles. The molecule has 0 aliphatic carbocycles. The van der Waals surface area contributed by atoms with Crippen LogP contribution in [0.5, 0.6) is 5.75 Å². The topological polar surface area (TPSA) is 59.1 Å². The lowest BCUT2D eigenvalue weighted by Gasteiger charge is -2.29. The monoisotopic (exact) mass is 283 g/mol. The van der Waals surface area contributed by atoms with Crippen molar-refractivity contribution in [2.24, 2.45) is 0 Å². The summed E-state index contributed by atoms with van der Waals surface area (Å²) in [5, 5.41) is 0. The molecule has 0 radical (unpaired) electrons. The highest BCUT2D eigenvalue weighted by molar-refractivity contribution is 7.89. The molecule has 0 spiro atoms. The maximum atomic E-state index is 12.1. The van der Waals surface area contributed by atoms with Gasteiger partial charge in [0.05, 0.1) is 4.90 Å². The molecule has 2 unspecified atom stereocenters. The zero-order valence-electron chi connectivity index (χ0n) is 11.4. The molecule has 0 saturated carbocycles. The second kappa shape index (κ2) is 3.71. The Morgan fingerprint density at radius 3 is 2.58 bits per heavy atom. The molecular weight excluding hydrogens is 266 g/mol. The van der Waals surface area contributed by atoms with Crippen molar-refractivity contribution in [1.82, 2.24) is 4.31 Å². The Labute approximate surface area is 113 Å². The molecular formula is C13H17NO4S. The molecule has 2 atom stereocenters. The zero-order chi connectivity index (χ0) is 14.0. The summed E-state index contributed by atoms with van der Waals surface area (Å²) in [5.41, 5.74) is 0.465. The van der Waals surface area contributed by atoms with Crippen molar-refractivity contribution in [2.75, 3.05) is 14.1 Å². The summed E-state index contributed by atoms with van der Waals surface area (Å²) in [4.78, 5) is 0.272. The largest absolute Gasteiger partial charge is 0.485 e. The second-order valence-electron chi connectivity index (χ2n) is 5.67. The summed E-state index contributed by atoms with van der Waals surface area (Å²) >= 11 is 0. The Morgan fingerprint density at radius 1 is 1.26 bits per heavy atom. The van der Waals surface area contributed by atoms with Crippen molar-refractivity contribution < 1.29 is 17.9 Å². The van der Waals surface area contributed by atoms with Crippen LogP contribution < -0.4 is 4.74 Å². The van der Waals surface area contributed by atoms with Crippen LogP contribution in [0.1, 0.15) is 25.5 Å². The van der Waals surface area contributed by atoms with Crippen molar-refractivity contribution in [3.63, 3.8) is 0 Å². The Bertz CT molecular complexity index is 636. The van der Waals surface area contributed by atoms with E-state index >= 15 is 0 Å². The first-order valence-electron chi connectivity index (χ1n) is 6.14. The maximum absolute atomic E-state index is 12.1. The van der Waals surface area contributed by atoms with Gasteiger partial charge in [-0.25, -0.2) is 12.7 Å². The molecule has 0 aromatic heterocycles. The molecule has 0 bridgehead atoms. The zero-order valence-corrected chi connectivity index (χ0v) is 12.2. The second-order valence-corrected chi connectivity index (χ2v) is 7.82. The summed E-state index contributed by atoms with van der Waals surface area (Å²) < 4.78 is 36.9. The predicted octanol–water partition coefficient (Wildman–Crippen LogP) is 1.55. The third kappa shape index (κ3) is 1.86. The van der Waals surface area contributed by atoms with Crippen LogP contribution >= 0.6 is 0 Å². The van der Waals surface area contributed by atoms with Gasteiger partial charge in [-0.2, -0.15) is 0 Å². The maximum Gasteiger partial charge on any atom is 0.242 e. The predicted molar refractivity (Wildman–Crippen MR) is 69.6 cm³/mol. The van der Waals surface area contributed by atoms with E-state index in [2.05, 4.69) is 0 Å². The Morgan fingerprint density at radius 2 is 1.95 bits per heavy atom. The Balaban J connectivity index is 2.06. The highest BCUT2D eigenvalue weighted by Crippen LogP contribution is 2.53. The van der Waals surface area contributed by atoms with Crippen molar-refractivity contribution >= 4 is 10.0 Å². The fourth-order valence-corrected chi connectivity index (χ4v) is 3.37. The summed E-state index contributed by atoms with van der Waals surface area (Å²) in [7, 11) is -0.384. The third-order valence-electron chi connectivity index (χ3n) is 3.62. The van der Waals surface area contributed by atoms with E-state index in [0.29, 0.717) is 5.75 Å². The lowest BCUT2D eigenvalue weighted by Crippen LogP contribution is -2.37. The average molecular weight is 283 g/mol. The van der Waals surface area contributed by atoms with Gasteiger partial charge in [0.25, 0.3) is 0 Å². The SMILES string of the molecule is CN(C)S(=O)(=O)c1ccc2c(c1)C1OC1C(C)(C)O2. The number of hydrogen-bond donors (Lipinski definition) is 0. The van der Waals surface area contributed by atoms with Crippen molar-refractivity contribution in [3.05, 3.63) is 23.8 Å². The van der Waals surface area contributed by atoms with E-state index in [1.807, 2.05) is 13.8 Å². The normalized spacial score (nSPS) is 27.4. The van der Waals surface area contributed by atoms with Crippen LogP contribution in [0.2, 0.25) is 0 Å². The Hall–Kier alpha value is -1.11. The molecule has 0 N–H and O–H groups in total. The first kappa shape index (κ1) is 12.9. The quantitative estimate of drug-likeness (QED) is 0.773. The fourth-order valence-electron chi connectivity index (χ4n) is 2.43. The van der Waals surface area contributed by atoms with Crippen LogP contribution in [0.25, 0.3) is 0 Å². The van der Waals surface area contributed by atoms with Crippen LogP contribution in [0, 0.1) is 0 Å². The van der Waals surface area contributed by atoms with Gasteiger partial charge in [0.2, 0.25) is 10.0 Å². The summed E-state index contributed by atoms with van der Waals surface area (Å²) in [6.07, 6.45) is -0.0339. The molecule has 0 amide bonds. The van der Waals surface area contributed by atoms with E-state index < -0.39 is 10.0 Å². The van der Waals surface area contributed by atoms with Gasteiger partial charge in [0, 0.05) is 19.7 Å². The van der Waals surface area contributed by atoms with E-state index in [1.165, 1.54) is 18.4 Å². The average Bonchev–Trinajstić information content (AvgIpc) is 3.08. The minimum atomic E-state index is -3.42. The molecule has 1 aromatic rings. The number of rotatable bonds is 2. The van der Waals surface area contributed by atoms with E-state index in [-0.39, 0.29) is 22.7 Å². The minimum absolute atomic E-state index is 0.0114. The first-order valence-corrected chi connectivity index (χ1v) is 7.58. The van der Waals surface area contributed by atoms with Crippen LogP contribution in [0.4, 0.5) is 0 Å². The molecule has 5 nitrogen and oxygen atoms in total. The highest BCUT2D eigenvalue weighted by Gasteiger charge is 2.56. The number of epoxide rings is 1. The molecule has 2 heterocycles. The van der Waals surface area contributed by atoms with Gasteiger partial charge in [-0.3, -0.25) is 0 Å². The van der Waals surface area contributed by atoms with E-state index in [9.17, 15) is 8.42 Å². The van der Waals surface area contributed by atoms with Gasteiger partial charge < -0.3 is 9.47 Å². The number of benzene rings is 1. The Kier molecular flexibility index (Phi) is 2.52. The number of fused-ring (bicyclic) bond motifs is 3. The number of ether oxygens (including phenoxy) is 2. The van der Waals surface area contributed by atoms with E-state index in [1.54, 1.807) is 18.2 Å². The molecule has 19 heavy (non-hydrogen) atoms. The van der Waals surface area contributed by atoms with E-state index in [4.69, 9.17) is 9.47 Å². The molecule has 1 saturated heterocycles. The number of sulfonamides is 1. The number of hydrogen-bond acceptors (Lipinski definition) is 4. The highest BCUT2D eigenvalue weighted by atomic mass is 32.2. The lowest BCUT2D eigenvalue weighted by molar-refractivity contribution is 0.0724. The van der Waals surface area contributed by atoms with Gasteiger partial charge in [-0.15, -0.1) is 0 Å². The fraction of sp³-hybridized carbons (Fsp3) is 0.538. The van der Waals surface area contributed by atoms with Crippen LogP contribution in [-0.4, -0.2) is 38.5 Å². The molecule has 1 fully saturated rings. The van der Waals surface area contributed by atoms with Gasteiger partial charge in [-0.05, 0) is 32.0 Å². The summed E-state index contributed by atoms with van der Waals surface area (Å²) in [6, 6.07) is 4.95. The standard InChI is InChI=1S/C13H17NO4S/c1-13(2)12-11(17-12)9-7-8(5-6-10(9)18-13)19(15,16)14(3)4/h5-7,11-12H,1-4H3. The van der Waals surface area contributed by atoms with E-state index in [0.717, 1.165) is 5.56 Å². The van der Waals surface area contributed by atoms with Crippen LogP contribution in [0.3, 0.4) is 0 Å². The lowest BCUT2D eigenvalue weighted by atomic mass is 9.94. The van der Waals surface area contributed by atoms with Crippen molar-refractivity contribution in [1.29, 1.82) is 0 Å². The van der Waals surface area contributed by atoms with Crippen molar-refractivity contribution in [2.45, 2.75) is 36.6 Å². The van der Waals surface area contributed by atoms with Gasteiger partial charge in [0.15, 0.2) is 0 Å². The smallest absolute Gasteiger partial charge is 0.242 e. The molecule has 3 rings (SSSR count).